The quantitative estimate of drug-likeness (QED) is 0.726. The van der Waals surface area contributed by atoms with Crippen LogP contribution in [0.15, 0.2) is 71.4 Å². The third-order valence-electron chi connectivity index (χ3n) is 4.15. The minimum atomic E-state index is 0.00799. The van der Waals surface area contributed by atoms with Crippen LogP contribution in [0.2, 0.25) is 0 Å². The molecule has 0 amide bonds. The van der Waals surface area contributed by atoms with Crippen LogP contribution in [0.5, 0.6) is 0 Å². The molecule has 0 N–H and O–H groups in total. The first-order chi connectivity index (χ1) is 10.1. The van der Waals surface area contributed by atoms with Gasteiger partial charge in [0.15, 0.2) is 0 Å². The Morgan fingerprint density at radius 3 is 2.33 bits per heavy atom. The SMILES string of the molecule is CN1/C(=C/C=Nc2ccccc2)C(C)(C)c2ccccc21. The second-order valence-electron chi connectivity index (χ2n) is 5.87. The number of likely N-dealkylation sites (N-methyl/N-ethyl adjacent to an activating group) is 1. The van der Waals surface area contributed by atoms with Crippen LogP contribution < -0.4 is 4.90 Å². The molecule has 21 heavy (non-hydrogen) atoms. The van der Waals surface area contributed by atoms with Gasteiger partial charge in [0.05, 0.1) is 5.69 Å². The first-order valence-corrected chi connectivity index (χ1v) is 7.24. The molecule has 0 atom stereocenters. The zero-order valence-corrected chi connectivity index (χ0v) is 12.7. The van der Waals surface area contributed by atoms with Crippen molar-refractivity contribution in [3.8, 4) is 0 Å². The number of benzene rings is 2. The largest absolute Gasteiger partial charge is 0.347 e. The molecule has 0 saturated carbocycles. The van der Waals surface area contributed by atoms with Gasteiger partial charge in [0.1, 0.15) is 0 Å². The molecule has 2 nitrogen and oxygen atoms in total. The lowest BCUT2D eigenvalue weighted by atomic mass is 9.84. The van der Waals surface area contributed by atoms with Crippen molar-refractivity contribution >= 4 is 17.6 Å². The summed E-state index contributed by atoms with van der Waals surface area (Å²) in [7, 11) is 2.12. The Morgan fingerprint density at radius 1 is 0.952 bits per heavy atom. The summed E-state index contributed by atoms with van der Waals surface area (Å²) in [6.45, 7) is 4.52. The van der Waals surface area contributed by atoms with Crippen LogP contribution in [0.25, 0.3) is 0 Å². The fourth-order valence-electron chi connectivity index (χ4n) is 3.01. The molecule has 106 valence electrons. The van der Waals surface area contributed by atoms with Crippen molar-refractivity contribution in [2.24, 2.45) is 4.99 Å². The second-order valence-corrected chi connectivity index (χ2v) is 5.87. The maximum Gasteiger partial charge on any atom is 0.0629 e. The fourth-order valence-corrected chi connectivity index (χ4v) is 3.01. The maximum absolute atomic E-state index is 4.50. The Bertz CT molecular complexity index is 697. The van der Waals surface area contributed by atoms with E-state index in [0.717, 1.165) is 5.69 Å². The first-order valence-electron chi connectivity index (χ1n) is 7.24. The van der Waals surface area contributed by atoms with Gasteiger partial charge in [-0.25, -0.2) is 0 Å². The maximum atomic E-state index is 4.50. The van der Waals surface area contributed by atoms with Crippen LogP contribution in [0, 0.1) is 0 Å². The van der Waals surface area contributed by atoms with Crippen molar-refractivity contribution in [3.05, 3.63) is 71.9 Å². The van der Waals surface area contributed by atoms with Gasteiger partial charge in [-0.15, -0.1) is 0 Å². The Labute approximate surface area is 126 Å². The summed E-state index contributed by atoms with van der Waals surface area (Å²) in [5.74, 6) is 0. The smallest absolute Gasteiger partial charge is 0.0629 e. The Morgan fingerprint density at radius 2 is 1.62 bits per heavy atom. The van der Waals surface area contributed by atoms with Crippen LogP contribution in [0.1, 0.15) is 19.4 Å². The predicted molar refractivity (Wildman–Crippen MR) is 90.5 cm³/mol. The molecule has 1 heterocycles. The van der Waals surface area contributed by atoms with E-state index in [1.54, 1.807) is 0 Å². The summed E-state index contributed by atoms with van der Waals surface area (Å²) in [4.78, 5) is 6.76. The van der Waals surface area contributed by atoms with Gasteiger partial charge in [-0.1, -0.05) is 50.2 Å². The van der Waals surface area contributed by atoms with E-state index < -0.39 is 0 Å². The molecule has 0 bridgehead atoms. The van der Waals surface area contributed by atoms with Crippen LogP contribution in [0.3, 0.4) is 0 Å². The van der Waals surface area contributed by atoms with Gasteiger partial charge < -0.3 is 4.90 Å². The van der Waals surface area contributed by atoms with Gasteiger partial charge in [0, 0.05) is 30.1 Å². The van der Waals surface area contributed by atoms with E-state index in [0.29, 0.717) is 0 Å². The van der Waals surface area contributed by atoms with Gasteiger partial charge in [-0.05, 0) is 29.8 Å². The highest BCUT2D eigenvalue weighted by molar-refractivity contribution is 5.80. The standard InChI is InChI=1S/C19H20N2/c1-19(2)16-11-7-8-12-17(16)21(3)18(19)13-14-20-15-9-5-4-6-10-15/h4-14H,1-3H3/b18-13+,20-14?. The monoisotopic (exact) mass is 276 g/mol. The van der Waals surface area contributed by atoms with Gasteiger partial charge >= 0.3 is 0 Å². The molecule has 3 rings (SSSR count). The lowest BCUT2D eigenvalue weighted by molar-refractivity contribution is 0.641. The van der Waals surface area contributed by atoms with Gasteiger partial charge in [0.25, 0.3) is 0 Å². The summed E-state index contributed by atoms with van der Waals surface area (Å²) in [5.41, 5.74) is 4.90. The van der Waals surface area contributed by atoms with E-state index in [1.165, 1.54) is 16.9 Å². The number of hydrogen-bond acceptors (Lipinski definition) is 2. The zero-order chi connectivity index (χ0) is 14.9. The van der Waals surface area contributed by atoms with E-state index >= 15 is 0 Å². The molecule has 2 heteroatoms. The van der Waals surface area contributed by atoms with E-state index in [1.807, 2.05) is 36.5 Å². The number of aliphatic imine (C=N–C) groups is 1. The number of allylic oxidation sites excluding steroid dienone is 2. The predicted octanol–water partition coefficient (Wildman–Crippen LogP) is 4.70. The average molecular weight is 276 g/mol. The third kappa shape index (κ3) is 2.38. The average Bonchev–Trinajstić information content (AvgIpc) is 2.70. The molecule has 1 aliphatic heterocycles. The number of nitrogens with zero attached hydrogens (tertiary/aromatic N) is 2. The van der Waals surface area contributed by atoms with Crippen molar-refractivity contribution < 1.29 is 0 Å². The van der Waals surface area contributed by atoms with Crippen molar-refractivity contribution in [1.82, 2.24) is 0 Å². The molecule has 0 aliphatic carbocycles. The molecule has 0 radical (unpaired) electrons. The second kappa shape index (κ2) is 5.21. The van der Waals surface area contributed by atoms with Crippen molar-refractivity contribution in [1.29, 1.82) is 0 Å². The van der Waals surface area contributed by atoms with E-state index in [-0.39, 0.29) is 5.41 Å². The summed E-state index contributed by atoms with van der Waals surface area (Å²) in [6.07, 6.45) is 4.02. The minimum absolute atomic E-state index is 0.00799. The Hall–Kier alpha value is -2.35. The van der Waals surface area contributed by atoms with Crippen molar-refractivity contribution in [3.63, 3.8) is 0 Å². The number of hydrogen-bond donors (Lipinski definition) is 0. The number of rotatable bonds is 2. The molecule has 0 aromatic heterocycles. The van der Waals surface area contributed by atoms with Crippen LogP contribution in [0.4, 0.5) is 11.4 Å². The van der Waals surface area contributed by atoms with Gasteiger partial charge in [-0.3, -0.25) is 4.99 Å². The molecule has 0 fully saturated rings. The summed E-state index contributed by atoms with van der Waals surface area (Å²) < 4.78 is 0. The lowest BCUT2D eigenvalue weighted by Crippen LogP contribution is -2.22. The van der Waals surface area contributed by atoms with Gasteiger partial charge in [0.2, 0.25) is 0 Å². The number of para-hydroxylation sites is 2. The first kappa shape index (κ1) is 13.6. The molecule has 2 aromatic carbocycles. The van der Waals surface area contributed by atoms with Crippen molar-refractivity contribution in [2.75, 3.05) is 11.9 Å². The zero-order valence-electron chi connectivity index (χ0n) is 12.7. The number of anilines is 1. The van der Waals surface area contributed by atoms with E-state index in [2.05, 4.69) is 61.1 Å². The normalized spacial score (nSPS) is 18.4. The summed E-state index contributed by atoms with van der Waals surface area (Å²) >= 11 is 0. The van der Waals surface area contributed by atoms with Crippen LogP contribution in [-0.4, -0.2) is 13.3 Å². The third-order valence-corrected chi connectivity index (χ3v) is 4.15. The highest BCUT2D eigenvalue weighted by Crippen LogP contribution is 2.46. The summed E-state index contributed by atoms with van der Waals surface area (Å²) in [5, 5.41) is 0. The molecule has 0 spiro atoms. The lowest BCUT2D eigenvalue weighted by Gasteiger charge is -2.23. The Balaban J connectivity index is 1.93. The Kier molecular flexibility index (Phi) is 3.38. The molecule has 0 unspecified atom stereocenters. The summed E-state index contributed by atoms with van der Waals surface area (Å²) in [6, 6.07) is 18.6. The highest BCUT2D eigenvalue weighted by atomic mass is 15.2. The van der Waals surface area contributed by atoms with E-state index in [9.17, 15) is 0 Å². The highest BCUT2D eigenvalue weighted by Gasteiger charge is 2.37. The number of fused-ring (bicyclic) bond motifs is 1. The van der Waals surface area contributed by atoms with E-state index in [4.69, 9.17) is 0 Å². The molecular formula is C19H20N2. The topological polar surface area (TPSA) is 15.6 Å². The minimum Gasteiger partial charge on any atom is -0.347 e. The van der Waals surface area contributed by atoms with Gasteiger partial charge in [-0.2, -0.15) is 0 Å². The molecule has 2 aromatic rings. The van der Waals surface area contributed by atoms with Crippen LogP contribution >= 0.6 is 0 Å². The van der Waals surface area contributed by atoms with Crippen LogP contribution in [-0.2, 0) is 5.41 Å². The fraction of sp³-hybridized carbons (Fsp3) is 0.211. The molecule has 0 saturated heterocycles. The molecule has 1 aliphatic rings. The van der Waals surface area contributed by atoms with Crippen molar-refractivity contribution in [2.45, 2.75) is 19.3 Å². The molecular weight excluding hydrogens is 256 g/mol.